The molecule has 5 nitrogen and oxygen atoms in total. The highest BCUT2D eigenvalue weighted by molar-refractivity contribution is 5.78. The monoisotopic (exact) mass is 188 g/mol. The van der Waals surface area contributed by atoms with Gasteiger partial charge in [-0.15, -0.1) is 0 Å². The van der Waals surface area contributed by atoms with E-state index < -0.39 is 17.5 Å². The number of ether oxygens (including phenoxy) is 3. The van der Waals surface area contributed by atoms with Crippen molar-refractivity contribution in [2.24, 2.45) is 5.41 Å². The van der Waals surface area contributed by atoms with E-state index in [4.69, 9.17) is 4.74 Å². The van der Waals surface area contributed by atoms with Crippen molar-refractivity contribution in [1.29, 1.82) is 0 Å². The molecular weight excluding hydrogens is 176 g/mol. The minimum Gasteiger partial charge on any atom is -0.465 e. The number of esters is 1. The van der Waals surface area contributed by atoms with Crippen LogP contribution in [0.2, 0.25) is 0 Å². The minimum atomic E-state index is -0.857. The lowest BCUT2D eigenvalue weighted by Crippen LogP contribution is -2.44. The molecule has 74 valence electrons. The molecule has 13 heavy (non-hydrogen) atoms. The van der Waals surface area contributed by atoms with Crippen LogP contribution >= 0.6 is 0 Å². The first-order valence-electron chi connectivity index (χ1n) is 4.05. The highest BCUT2D eigenvalue weighted by Gasteiger charge is 2.41. The van der Waals surface area contributed by atoms with Crippen LogP contribution < -0.4 is 0 Å². The zero-order valence-corrected chi connectivity index (χ0v) is 7.66. The van der Waals surface area contributed by atoms with E-state index in [1.54, 1.807) is 13.8 Å². The Morgan fingerprint density at radius 2 is 2.08 bits per heavy atom. The maximum absolute atomic E-state index is 11.3. The highest BCUT2D eigenvalue weighted by Crippen LogP contribution is 2.23. The number of cyclic esters (lactones) is 2. The molecule has 0 bridgehead atoms. The molecule has 1 fully saturated rings. The molecule has 1 saturated heterocycles. The molecule has 5 heteroatoms. The molecule has 0 unspecified atom stereocenters. The van der Waals surface area contributed by atoms with Gasteiger partial charge in [0.15, 0.2) is 0 Å². The van der Waals surface area contributed by atoms with Gasteiger partial charge in [-0.05, 0) is 13.8 Å². The highest BCUT2D eigenvalue weighted by atomic mass is 16.7. The fourth-order valence-electron chi connectivity index (χ4n) is 0.943. The average molecular weight is 188 g/mol. The molecule has 1 aliphatic heterocycles. The summed E-state index contributed by atoms with van der Waals surface area (Å²) in [6, 6.07) is 0. The predicted molar refractivity (Wildman–Crippen MR) is 42.0 cm³/mol. The van der Waals surface area contributed by atoms with Gasteiger partial charge in [0.1, 0.15) is 18.6 Å². The molecule has 0 aromatic carbocycles. The van der Waals surface area contributed by atoms with Gasteiger partial charge in [-0.1, -0.05) is 0 Å². The van der Waals surface area contributed by atoms with Gasteiger partial charge in [0, 0.05) is 0 Å². The molecule has 0 amide bonds. The van der Waals surface area contributed by atoms with E-state index in [-0.39, 0.29) is 13.2 Å². The van der Waals surface area contributed by atoms with Gasteiger partial charge in [0.25, 0.3) is 0 Å². The summed E-state index contributed by atoms with van der Waals surface area (Å²) in [7, 11) is 0. The number of carbonyl (C=O) groups excluding carboxylic acids is 2. The van der Waals surface area contributed by atoms with Crippen molar-refractivity contribution >= 4 is 12.1 Å². The van der Waals surface area contributed by atoms with E-state index in [1.165, 1.54) is 0 Å². The lowest BCUT2D eigenvalue weighted by atomic mass is 9.93. The van der Waals surface area contributed by atoms with Crippen molar-refractivity contribution in [2.45, 2.75) is 13.8 Å². The molecule has 0 saturated carbocycles. The van der Waals surface area contributed by atoms with Gasteiger partial charge in [0.2, 0.25) is 0 Å². The third kappa shape index (κ3) is 2.11. The maximum atomic E-state index is 11.3. The molecule has 0 spiro atoms. The molecule has 0 aromatic rings. The molecule has 1 aliphatic rings. The van der Waals surface area contributed by atoms with Crippen LogP contribution in [-0.4, -0.2) is 31.9 Å². The molecule has 1 rings (SSSR count). The van der Waals surface area contributed by atoms with Gasteiger partial charge >= 0.3 is 12.1 Å². The van der Waals surface area contributed by atoms with E-state index in [0.29, 0.717) is 6.61 Å². The number of carbonyl (C=O) groups is 2. The fraction of sp³-hybridized carbons (Fsp3) is 0.750. The Labute approximate surface area is 76.0 Å². The summed E-state index contributed by atoms with van der Waals surface area (Å²) in [5, 5.41) is 0. The zero-order chi connectivity index (χ0) is 9.90. The third-order valence-corrected chi connectivity index (χ3v) is 1.79. The first-order chi connectivity index (χ1) is 6.08. The van der Waals surface area contributed by atoms with Gasteiger partial charge < -0.3 is 14.2 Å². The van der Waals surface area contributed by atoms with E-state index in [2.05, 4.69) is 9.47 Å². The van der Waals surface area contributed by atoms with Gasteiger partial charge in [0.05, 0.1) is 6.61 Å². The summed E-state index contributed by atoms with van der Waals surface area (Å²) >= 11 is 0. The Balaban J connectivity index is 2.56. The lowest BCUT2D eigenvalue weighted by molar-refractivity contribution is -0.165. The van der Waals surface area contributed by atoms with E-state index in [9.17, 15) is 9.59 Å². The van der Waals surface area contributed by atoms with E-state index >= 15 is 0 Å². The predicted octanol–water partition coefficient (Wildman–Crippen LogP) is 0.723. The molecule has 0 radical (unpaired) electrons. The van der Waals surface area contributed by atoms with Crippen LogP contribution in [0.25, 0.3) is 0 Å². The van der Waals surface area contributed by atoms with Crippen molar-refractivity contribution in [3.8, 4) is 0 Å². The average Bonchev–Trinajstić information content (AvgIpc) is 2.11. The Morgan fingerprint density at radius 1 is 1.54 bits per heavy atom. The van der Waals surface area contributed by atoms with E-state index in [0.717, 1.165) is 0 Å². The topological polar surface area (TPSA) is 61.8 Å². The second-order valence-corrected chi connectivity index (χ2v) is 3.11. The molecule has 1 heterocycles. The van der Waals surface area contributed by atoms with Crippen molar-refractivity contribution in [1.82, 2.24) is 0 Å². The van der Waals surface area contributed by atoms with Crippen LogP contribution in [0.1, 0.15) is 13.8 Å². The third-order valence-electron chi connectivity index (χ3n) is 1.79. The smallest absolute Gasteiger partial charge is 0.465 e. The lowest BCUT2D eigenvalue weighted by Gasteiger charge is -2.29. The minimum absolute atomic E-state index is 0.0185. The largest absolute Gasteiger partial charge is 0.508 e. The van der Waals surface area contributed by atoms with Crippen LogP contribution in [0.4, 0.5) is 4.79 Å². The normalized spacial score (nSPS) is 20.0. The van der Waals surface area contributed by atoms with Crippen LogP contribution in [0.15, 0.2) is 0 Å². The van der Waals surface area contributed by atoms with Crippen LogP contribution in [0.3, 0.4) is 0 Å². The van der Waals surface area contributed by atoms with Gasteiger partial charge in [-0.2, -0.15) is 0 Å². The first-order valence-corrected chi connectivity index (χ1v) is 4.05. The van der Waals surface area contributed by atoms with Crippen molar-refractivity contribution in [2.75, 3.05) is 19.8 Å². The number of hydrogen-bond acceptors (Lipinski definition) is 5. The fourth-order valence-corrected chi connectivity index (χ4v) is 0.943. The Hall–Kier alpha value is -1.26. The Kier molecular flexibility index (Phi) is 2.75. The number of hydrogen-bond donors (Lipinski definition) is 0. The molecule has 0 N–H and O–H groups in total. The summed E-state index contributed by atoms with van der Waals surface area (Å²) in [5.41, 5.74) is -0.857. The van der Waals surface area contributed by atoms with Crippen LogP contribution in [-0.2, 0) is 19.0 Å². The number of rotatable bonds is 2. The van der Waals surface area contributed by atoms with E-state index in [1.807, 2.05) is 0 Å². The maximum Gasteiger partial charge on any atom is 0.508 e. The Morgan fingerprint density at radius 3 is 2.54 bits per heavy atom. The summed E-state index contributed by atoms with van der Waals surface area (Å²) in [4.78, 5) is 21.9. The van der Waals surface area contributed by atoms with Crippen LogP contribution in [0, 0.1) is 5.41 Å². The molecule has 0 atom stereocenters. The standard InChI is InChI=1S/C8H12O5/c1-3-11-6(9)8(2)4-12-7(10)13-5-8/h3-5H2,1-2H3. The zero-order valence-electron chi connectivity index (χ0n) is 7.66. The summed E-state index contributed by atoms with van der Waals surface area (Å²) in [5.74, 6) is -0.400. The second-order valence-electron chi connectivity index (χ2n) is 3.11. The van der Waals surface area contributed by atoms with Crippen LogP contribution in [0.5, 0.6) is 0 Å². The summed E-state index contributed by atoms with van der Waals surface area (Å²) in [6.45, 7) is 3.70. The molecule has 0 aliphatic carbocycles. The summed E-state index contributed by atoms with van der Waals surface area (Å²) < 4.78 is 14.0. The second kappa shape index (κ2) is 3.64. The van der Waals surface area contributed by atoms with Gasteiger partial charge in [-0.3, -0.25) is 4.79 Å². The quantitative estimate of drug-likeness (QED) is 0.597. The van der Waals surface area contributed by atoms with Gasteiger partial charge in [-0.25, -0.2) is 4.79 Å². The SMILES string of the molecule is CCOC(=O)C1(C)COC(=O)OC1. The molecular formula is C8H12O5. The molecule has 0 aromatic heterocycles. The first kappa shape index (κ1) is 9.83. The van der Waals surface area contributed by atoms with Crippen molar-refractivity contribution in [3.05, 3.63) is 0 Å². The van der Waals surface area contributed by atoms with Crippen molar-refractivity contribution in [3.63, 3.8) is 0 Å². The van der Waals surface area contributed by atoms with Crippen molar-refractivity contribution < 1.29 is 23.8 Å². The summed E-state index contributed by atoms with van der Waals surface area (Å²) in [6.07, 6.45) is -0.734. The Bertz CT molecular complexity index is 213.